The number of anilines is 1. The molecule has 0 radical (unpaired) electrons. The van der Waals surface area contributed by atoms with Crippen LogP contribution in [0.1, 0.15) is 42.0 Å². The minimum atomic E-state index is -4.47. The fourth-order valence-corrected chi connectivity index (χ4v) is 4.65. The summed E-state index contributed by atoms with van der Waals surface area (Å²) in [6, 6.07) is 3.98. The van der Waals surface area contributed by atoms with Gasteiger partial charge in [0.1, 0.15) is 17.3 Å². The van der Waals surface area contributed by atoms with E-state index in [4.69, 9.17) is 4.52 Å². The summed E-state index contributed by atoms with van der Waals surface area (Å²) >= 11 is 0. The van der Waals surface area contributed by atoms with Crippen molar-refractivity contribution < 1.29 is 22.5 Å². The highest BCUT2D eigenvalue weighted by Gasteiger charge is 2.41. The number of carbonyl (C=O) groups is 1. The van der Waals surface area contributed by atoms with Crippen molar-refractivity contribution in [1.82, 2.24) is 15.0 Å². The van der Waals surface area contributed by atoms with Gasteiger partial charge in [0.15, 0.2) is 0 Å². The van der Waals surface area contributed by atoms with E-state index in [9.17, 15) is 18.0 Å². The summed E-state index contributed by atoms with van der Waals surface area (Å²) in [5, 5.41) is 3.93. The number of carbonyl (C=O) groups excluding carboxylic acids is 1. The molecule has 4 heterocycles. The molecule has 0 bridgehead atoms. The third-order valence-corrected chi connectivity index (χ3v) is 6.30. The number of hydrogen-bond donors (Lipinski definition) is 0. The van der Waals surface area contributed by atoms with Crippen LogP contribution in [0.3, 0.4) is 0 Å². The largest absolute Gasteiger partial charge is 0.433 e. The molecule has 30 heavy (non-hydrogen) atoms. The van der Waals surface area contributed by atoms with Crippen LogP contribution in [0.2, 0.25) is 0 Å². The number of likely N-dealkylation sites (tertiary alicyclic amines) is 1. The number of amides is 1. The number of alkyl halides is 3. The Balaban J connectivity index is 1.44. The zero-order chi connectivity index (χ0) is 21.5. The Kier molecular flexibility index (Phi) is 5.46. The molecule has 0 aromatic carbocycles. The summed E-state index contributed by atoms with van der Waals surface area (Å²) in [5.74, 6) is 1.51. The van der Waals surface area contributed by atoms with Gasteiger partial charge in [-0.25, -0.2) is 4.98 Å². The summed E-state index contributed by atoms with van der Waals surface area (Å²) in [4.78, 5) is 20.5. The van der Waals surface area contributed by atoms with Crippen molar-refractivity contribution in [1.29, 1.82) is 0 Å². The highest BCUT2D eigenvalue weighted by Crippen LogP contribution is 2.35. The van der Waals surface area contributed by atoms with E-state index in [2.05, 4.69) is 10.1 Å². The number of rotatable bonds is 4. The Bertz CT molecular complexity index is 908. The van der Waals surface area contributed by atoms with E-state index in [0.717, 1.165) is 35.9 Å². The molecule has 2 aliphatic heterocycles. The van der Waals surface area contributed by atoms with Gasteiger partial charge in [-0.1, -0.05) is 11.2 Å². The molecule has 6 nitrogen and oxygen atoms in total. The third kappa shape index (κ3) is 4.02. The number of piperidine rings is 1. The number of halogens is 3. The topological polar surface area (TPSA) is 62.5 Å². The molecule has 2 atom stereocenters. The maximum absolute atomic E-state index is 13.0. The minimum absolute atomic E-state index is 0.00672. The zero-order valence-corrected chi connectivity index (χ0v) is 17.1. The SMILES string of the molecule is Cc1noc(C)c1CCC(=O)N1CCC2CCN(c3cccc(C(F)(F)F)n3)CC21. The number of nitrogens with zero attached hydrogens (tertiary/aromatic N) is 4. The summed E-state index contributed by atoms with van der Waals surface area (Å²) in [7, 11) is 0. The van der Waals surface area contributed by atoms with Gasteiger partial charge in [0.05, 0.1) is 11.7 Å². The van der Waals surface area contributed by atoms with E-state index >= 15 is 0 Å². The van der Waals surface area contributed by atoms with E-state index < -0.39 is 11.9 Å². The first-order chi connectivity index (χ1) is 14.2. The molecular weight excluding hydrogens is 397 g/mol. The van der Waals surface area contributed by atoms with Gasteiger partial charge in [0.25, 0.3) is 0 Å². The van der Waals surface area contributed by atoms with Crippen LogP contribution in [0.4, 0.5) is 19.0 Å². The first-order valence-corrected chi connectivity index (χ1v) is 10.2. The quantitative estimate of drug-likeness (QED) is 0.751. The normalized spacial score (nSPS) is 21.8. The highest BCUT2D eigenvalue weighted by molar-refractivity contribution is 5.77. The molecule has 9 heteroatoms. The van der Waals surface area contributed by atoms with Crippen molar-refractivity contribution in [2.45, 2.75) is 51.7 Å². The van der Waals surface area contributed by atoms with Gasteiger partial charge in [-0.05, 0) is 51.2 Å². The Morgan fingerprint density at radius 1 is 1.23 bits per heavy atom. The third-order valence-electron chi connectivity index (χ3n) is 6.30. The fraction of sp³-hybridized carbons (Fsp3) is 0.571. The molecule has 0 N–H and O–H groups in total. The smallest absolute Gasteiger partial charge is 0.361 e. The molecule has 162 valence electrons. The minimum Gasteiger partial charge on any atom is -0.361 e. The van der Waals surface area contributed by atoms with Gasteiger partial charge in [0, 0.05) is 31.6 Å². The van der Waals surface area contributed by atoms with Crippen molar-refractivity contribution in [2.24, 2.45) is 5.92 Å². The van der Waals surface area contributed by atoms with E-state index in [1.165, 1.54) is 6.07 Å². The molecule has 0 saturated carbocycles. The monoisotopic (exact) mass is 422 g/mol. The number of hydrogen-bond acceptors (Lipinski definition) is 5. The second kappa shape index (κ2) is 7.92. The molecular formula is C21H25F3N4O2. The number of aromatic nitrogens is 2. The Hall–Kier alpha value is -2.58. The molecule has 4 rings (SSSR count). The van der Waals surface area contributed by atoms with Crippen molar-refractivity contribution in [2.75, 3.05) is 24.5 Å². The van der Waals surface area contributed by atoms with Crippen molar-refractivity contribution in [3.8, 4) is 0 Å². The molecule has 0 aliphatic carbocycles. The molecule has 2 aromatic rings. The van der Waals surface area contributed by atoms with Gasteiger partial charge in [-0.2, -0.15) is 13.2 Å². The molecule has 2 fully saturated rings. The number of pyridine rings is 1. The lowest BCUT2D eigenvalue weighted by Gasteiger charge is -2.39. The maximum atomic E-state index is 13.0. The van der Waals surface area contributed by atoms with Gasteiger partial charge in [-0.15, -0.1) is 0 Å². The van der Waals surface area contributed by atoms with Gasteiger partial charge in [-0.3, -0.25) is 4.79 Å². The Morgan fingerprint density at radius 2 is 2.00 bits per heavy atom. The van der Waals surface area contributed by atoms with E-state index in [1.54, 1.807) is 6.07 Å². The van der Waals surface area contributed by atoms with Crippen molar-refractivity contribution in [3.63, 3.8) is 0 Å². The second-order valence-electron chi connectivity index (χ2n) is 8.12. The van der Waals surface area contributed by atoms with Crippen LogP contribution in [-0.4, -0.2) is 46.6 Å². The highest BCUT2D eigenvalue weighted by atomic mass is 19.4. The van der Waals surface area contributed by atoms with Gasteiger partial charge >= 0.3 is 6.18 Å². The predicted octanol–water partition coefficient (Wildman–Crippen LogP) is 3.77. The number of fused-ring (bicyclic) bond motifs is 1. The summed E-state index contributed by atoms with van der Waals surface area (Å²) in [6.45, 7) is 5.56. The first kappa shape index (κ1) is 20.7. The van der Waals surface area contributed by atoms with Crippen LogP contribution in [0.25, 0.3) is 0 Å². The standard InChI is InChI=1S/C21H25F3N4O2/c1-13-16(14(2)30-26-13)6-7-20(29)28-11-9-15-8-10-27(12-17(15)28)19-5-3-4-18(25-19)21(22,23)24/h3-5,15,17H,6-12H2,1-2H3. The van der Waals surface area contributed by atoms with Crippen molar-refractivity contribution in [3.05, 3.63) is 40.9 Å². The van der Waals surface area contributed by atoms with Gasteiger partial charge in [0.2, 0.25) is 5.91 Å². The van der Waals surface area contributed by atoms with Gasteiger partial charge < -0.3 is 14.3 Å². The summed E-state index contributed by atoms with van der Waals surface area (Å²) in [6.07, 6.45) is -1.75. The van der Waals surface area contributed by atoms with Crippen LogP contribution in [0.5, 0.6) is 0 Å². The number of aryl methyl sites for hydroxylation is 2. The Labute approximate surface area is 173 Å². The molecule has 2 aromatic heterocycles. The van der Waals surface area contributed by atoms with Crippen LogP contribution in [0.15, 0.2) is 22.7 Å². The lowest BCUT2D eigenvalue weighted by molar-refractivity contribution is -0.141. The van der Waals surface area contributed by atoms with Crippen LogP contribution >= 0.6 is 0 Å². The molecule has 2 aliphatic rings. The van der Waals surface area contributed by atoms with Crippen molar-refractivity contribution >= 4 is 11.7 Å². The van der Waals surface area contributed by atoms with E-state index in [-0.39, 0.29) is 11.9 Å². The lowest BCUT2D eigenvalue weighted by atomic mass is 9.92. The maximum Gasteiger partial charge on any atom is 0.433 e. The summed E-state index contributed by atoms with van der Waals surface area (Å²) < 4.78 is 44.3. The first-order valence-electron chi connectivity index (χ1n) is 10.2. The molecule has 2 saturated heterocycles. The summed E-state index contributed by atoms with van der Waals surface area (Å²) in [5.41, 5.74) is 0.887. The molecule has 2 unspecified atom stereocenters. The average Bonchev–Trinajstić information content (AvgIpc) is 3.28. The van der Waals surface area contributed by atoms with Crippen LogP contribution in [-0.2, 0) is 17.4 Å². The average molecular weight is 422 g/mol. The lowest BCUT2D eigenvalue weighted by Crippen LogP contribution is -2.50. The second-order valence-corrected chi connectivity index (χ2v) is 8.12. The van der Waals surface area contributed by atoms with E-state index in [0.29, 0.717) is 44.2 Å². The fourth-order valence-electron chi connectivity index (χ4n) is 4.65. The zero-order valence-electron chi connectivity index (χ0n) is 17.1. The molecule has 1 amide bonds. The van der Waals surface area contributed by atoms with Crippen LogP contribution < -0.4 is 4.90 Å². The molecule has 0 spiro atoms. The van der Waals surface area contributed by atoms with Crippen LogP contribution in [0, 0.1) is 19.8 Å². The Morgan fingerprint density at radius 3 is 2.70 bits per heavy atom. The van der Waals surface area contributed by atoms with E-state index in [1.807, 2.05) is 23.6 Å². The predicted molar refractivity (Wildman–Crippen MR) is 104 cm³/mol.